The summed E-state index contributed by atoms with van der Waals surface area (Å²) in [4.78, 5) is 11.5. The van der Waals surface area contributed by atoms with Crippen molar-refractivity contribution in [3.63, 3.8) is 0 Å². The Bertz CT molecular complexity index is 388. The summed E-state index contributed by atoms with van der Waals surface area (Å²) in [5.41, 5.74) is 2.27. The summed E-state index contributed by atoms with van der Waals surface area (Å²) < 4.78 is 0. The molecule has 4 nitrogen and oxygen atoms in total. The molecule has 1 aromatic rings. The first-order valence-electron chi connectivity index (χ1n) is 7.94. The second-order valence-corrected chi connectivity index (χ2v) is 5.28. The largest absolute Gasteiger partial charge is 0.341 e. The molecule has 0 aromatic carbocycles. The zero-order valence-electron chi connectivity index (χ0n) is 13.7. The van der Waals surface area contributed by atoms with Gasteiger partial charge in [0.2, 0.25) is 5.95 Å². The van der Waals surface area contributed by atoms with Gasteiger partial charge in [0.05, 0.1) is 0 Å². The molecular weight excluding hydrogens is 248 g/mol. The predicted octanol–water partition coefficient (Wildman–Crippen LogP) is 3.16. The van der Waals surface area contributed by atoms with Crippen LogP contribution in [0.1, 0.15) is 51.8 Å². The van der Waals surface area contributed by atoms with E-state index < -0.39 is 0 Å². The fourth-order valence-electron chi connectivity index (χ4n) is 2.28. The average Bonchev–Trinajstić information content (AvgIpc) is 2.47. The number of anilines is 1. The number of rotatable bonds is 9. The molecule has 0 spiro atoms. The van der Waals surface area contributed by atoms with Gasteiger partial charge in [0.25, 0.3) is 0 Å². The summed E-state index contributed by atoms with van der Waals surface area (Å²) >= 11 is 0. The van der Waals surface area contributed by atoms with Crippen molar-refractivity contribution in [1.29, 1.82) is 0 Å². The zero-order chi connectivity index (χ0) is 15.0. The van der Waals surface area contributed by atoms with E-state index in [0.29, 0.717) is 0 Å². The van der Waals surface area contributed by atoms with Crippen LogP contribution in [0.2, 0.25) is 0 Å². The van der Waals surface area contributed by atoms with Gasteiger partial charge in [-0.15, -0.1) is 0 Å². The summed E-state index contributed by atoms with van der Waals surface area (Å²) in [7, 11) is 0. The van der Waals surface area contributed by atoms with Gasteiger partial charge in [-0.1, -0.05) is 33.6 Å². The maximum atomic E-state index is 4.69. The Balaban J connectivity index is 2.80. The van der Waals surface area contributed by atoms with Crippen molar-refractivity contribution in [2.45, 2.75) is 54.0 Å². The topological polar surface area (TPSA) is 41.1 Å². The van der Waals surface area contributed by atoms with Gasteiger partial charge in [-0.3, -0.25) is 0 Å². The molecule has 1 aromatic heterocycles. The van der Waals surface area contributed by atoms with Crippen molar-refractivity contribution >= 4 is 5.95 Å². The lowest BCUT2D eigenvalue weighted by atomic mass is 10.0. The molecule has 1 rings (SSSR count). The molecule has 114 valence electrons. The SMILES string of the molecule is CCNCc1cnc(N(CC)CC(CC)CC)nc1C. The fourth-order valence-corrected chi connectivity index (χ4v) is 2.28. The van der Waals surface area contributed by atoms with E-state index in [1.54, 1.807) is 0 Å². The first-order valence-corrected chi connectivity index (χ1v) is 7.94. The lowest BCUT2D eigenvalue weighted by molar-refractivity contribution is 0.482. The third-order valence-electron chi connectivity index (χ3n) is 3.93. The molecule has 0 unspecified atom stereocenters. The molecule has 0 fully saturated rings. The van der Waals surface area contributed by atoms with E-state index in [-0.39, 0.29) is 0 Å². The van der Waals surface area contributed by atoms with Gasteiger partial charge in [-0.25, -0.2) is 9.97 Å². The second-order valence-electron chi connectivity index (χ2n) is 5.28. The van der Waals surface area contributed by atoms with Crippen molar-refractivity contribution < 1.29 is 0 Å². The van der Waals surface area contributed by atoms with Crippen LogP contribution in [-0.2, 0) is 6.54 Å². The van der Waals surface area contributed by atoms with Crippen LogP contribution in [0.15, 0.2) is 6.20 Å². The molecule has 20 heavy (non-hydrogen) atoms. The second kappa shape index (κ2) is 8.90. The van der Waals surface area contributed by atoms with Crippen molar-refractivity contribution in [3.8, 4) is 0 Å². The van der Waals surface area contributed by atoms with Crippen LogP contribution >= 0.6 is 0 Å². The molecular formula is C16H30N4. The number of nitrogens with zero attached hydrogens (tertiary/aromatic N) is 3. The lowest BCUT2D eigenvalue weighted by Gasteiger charge is -2.25. The van der Waals surface area contributed by atoms with Crippen LogP contribution in [-0.4, -0.2) is 29.6 Å². The quantitative estimate of drug-likeness (QED) is 0.753. The smallest absolute Gasteiger partial charge is 0.225 e. The van der Waals surface area contributed by atoms with Gasteiger partial charge >= 0.3 is 0 Å². The lowest BCUT2D eigenvalue weighted by Crippen LogP contribution is -2.31. The predicted molar refractivity (Wildman–Crippen MR) is 86.1 cm³/mol. The van der Waals surface area contributed by atoms with Gasteiger partial charge in [0.1, 0.15) is 0 Å². The van der Waals surface area contributed by atoms with E-state index in [2.05, 4.69) is 49.8 Å². The summed E-state index contributed by atoms with van der Waals surface area (Å²) in [5, 5.41) is 3.32. The first-order chi connectivity index (χ1) is 9.65. The molecule has 0 aliphatic rings. The molecule has 0 aliphatic heterocycles. The zero-order valence-corrected chi connectivity index (χ0v) is 13.7. The molecule has 0 saturated carbocycles. The maximum Gasteiger partial charge on any atom is 0.225 e. The molecule has 0 bridgehead atoms. The van der Waals surface area contributed by atoms with Crippen LogP contribution < -0.4 is 10.2 Å². The standard InChI is InChI=1S/C16H30N4/c1-6-14(7-2)12-20(9-4)16-18-11-15(10-17-8-3)13(5)19-16/h11,14,17H,6-10,12H2,1-5H3. The maximum absolute atomic E-state index is 4.69. The third kappa shape index (κ3) is 4.75. The van der Waals surface area contributed by atoms with Crippen molar-refractivity contribution in [2.24, 2.45) is 5.92 Å². The minimum Gasteiger partial charge on any atom is -0.341 e. The molecule has 1 N–H and O–H groups in total. The Labute approximate surface area is 124 Å². The van der Waals surface area contributed by atoms with Crippen LogP contribution in [0.25, 0.3) is 0 Å². The highest BCUT2D eigenvalue weighted by Gasteiger charge is 2.14. The highest BCUT2D eigenvalue weighted by atomic mass is 15.2. The van der Waals surface area contributed by atoms with Crippen LogP contribution in [0.3, 0.4) is 0 Å². The number of hydrogen-bond donors (Lipinski definition) is 1. The van der Waals surface area contributed by atoms with E-state index in [1.165, 1.54) is 18.4 Å². The first kappa shape index (κ1) is 16.9. The van der Waals surface area contributed by atoms with E-state index in [4.69, 9.17) is 4.98 Å². The summed E-state index contributed by atoms with van der Waals surface area (Å²) in [6.45, 7) is 14.7. The van der Waals surface area contributed by atoms with E-state index in [0.717, 1.165) is 43.7 Å². The van der Waals surface area contributed by atoms with Gasteiger partial charge in [0, 0.05) is 37.1 Å². The average molecular weight is 278 g/mol. The van der Waals surface area contributed by atoms with Gasteiger partial charge in [0.15, 0.2) is 0 Å². The summed E-state index contributed by atoms with van der Waals surface area (Å²) in [6, 6.07) is 0. The fraction of sp³-hybridized carbons (Fsp3) is 0.750. The normalized spacial score (nSPS) is 11.1. The van der Waals surface area contributed by atoms with Crippen LogP contribution in [0, 0.1) is 12.8 Å². The van der Waals surface area contributed by atoms with E-state index in [9.17, 15) is 0 Å². The Morgan fingerprint density at radius 1 is 1.20 bits per heavy atom. The Kier molecular flexibility index (Phi) is 7.52. The van der Waals surface area contributed by atoms with Gasteiger partial charge in [-0.2, -0.15) is 0 Å². The van der Waals surface area contributed by atoms with Gasteiger partial charge < -0.3 is 10.2 Å². The Morgan fingerprint density at radius 3 is 2.40 bits per heavy atom. The third-order valence-corrected chi connectivity index (χ3v) is 3.93. The highest BCUT2D eigenvalue weighted by molar-refractivity contribution is 5.32. The van der Waals surface area contributed by atoms with Crippen LogP contribution in [0.4, 0.5) is 5.95 Å². The molecule has 0 saturated heterocycles. The molecule has 0 aliphatic carbocycles. The van der Waals surface area contributed by atoms with E-state index >= 15 is 0 Å². The van der Waals surface area contributed by atoms with Crippen LogP contribution in [0.5, 0.6) is 0 Å². The van der Waals surface area contributed by atoms with Gasteiger partial charge in [-0.05, 0) is 26.3 Å². The number of hydrogen-bond acceptors (Lipinski definition) is 4. The molecule has 4 heteroatoms. The minimum absolute atomic E-state index is 0.722. The van der Waals surface area contributed by atoms with E-state index in [1.807, 2.05) is 6.20 Å². The molecule has 0 amide bonds. The summed E-state index contributed by atoms with van der Waals surface area (Å²) in [6.07, 6.45) is 4.39. The molecule has 0 radical (unpaired) electrons. The number of aromatic nitrogens is 2. The monoisotopic (exact) mass is 278 g/mol. The van der Waals surface area contributed by atoms with Crippen molar-refractivity contribution in [3.05, 3.63) is 17.5 Å². The Hall–Kier alpha value is -1.16. The van der Waals surface area contributed by atoms with Crippen molar-refractivity contribution in [2.75, 3.05) is 24.5 Å². The van der Waals surface area contributed by atoms with Crippen molar-refractivity contribution in [1.82, 2.24) is 15.3 Å². The minimum atomic E-state index is 0.722. The molecule has 0 atom stereocenters. The number of aryl methyl sites for hydroxylation is 1. The number of nitrogens with one attached hydrogen (secondary N) is 1. The Morgan fingerprint density at radius 2 is 1.90 bits per heavy atom. The highest BCUT2D eigenvalue weighted by Crippen LogP contribution is 2.16. The molecule has 1 heterocycles. The summed E-state index contributed by atoms with van der Waals surface area (Å²) in [5.74, 6) is 1.59.